The highest BCUT2D eigenvalue weighted by atomic mass is 16.5. The largest absolute Gasteiger partial charge is 0.375 e. The summed E-state index contributed by atoms with van der Waals surface area (Å²) in [6.45, 7) is 8.94. The van der Waals surface area contributed by atoms with Gasteiger partial charge in [0.05, 0.1) is 25.7 Å². The average Bonchev–Trinajstić information content (AvgIpc) is 2.93. The number of ether oxygens (including phenoxy) is 1. The van der Waals surface area contributed by atoms with Crippen LogP contribution in [0.3, 0.4) is 0 Å². The fourth-order valence-electron chi connectivity index (χ4n) is 2.29. The summed E-state index contributed by atoms with van der Waals surface area (Å²) in [5, 5.41) is 6.58. The smallest absolute Gasteiger partial charge is 0.246 e. The second kappa shape index (κ2) is 7.51. The molecule has 2 rings (SSSR count). The second-order valence-corrected chi connectivity index (χ2v) is 5.52. The molecule has 1 fully saturated rings. The number of rotatable bonds is 6. The average molecular weight is 296 g/mol. The van der Waals surface area contributed by atoms with Gasteiger partial charge in [-0.05, 0) is 13.8 Å². The fraction of sp³-hybridized carbons (Fsp3) is 0.786. The molecule has 118 valence electrons. The van der Waals surface area contributed by atoms with E-state index in [0.717, 1.165) is 19.5 Å². The van der Waals surface area contributed by atoms with E-state index in [1.807, 2.05) is 6.92 Å². The molecule has 1 N–H and O–H groups in total. The minimum Gasteiger partial charge on any atom is -0.375 e. The van der Waals surface area contributed by atoms with Gasteiger partial charge < -0.3 is 14.6 Å². The maximum atomic E-state index is 11.9. The molecule has 1 aromatic heterocycles. The fourth-order valence-corrected chi connectivity index (χ4v) is 2.29. The Morgan fingerprint density at radius 3 is 3.00 bits per heavy atom. The molecule has 21 heavy (non-hydrogen) atoms. The van der Waals surface area contributed by atoms with E-state index >= 15 is 0 Å². The molecule has 1 aliphatic heterocycles. The quantitative estimate of drug-likeness (QED) is 0.834. The van der Waals surface area contributed by atoms with Crippen LogP contribution < -0.4 is 5.32 Å². The molecule has 0 aromatic carbocycles. The predicted octanol–water partition coefficient (Wildman–Crippen LogP) is 0.748. The van der Waals surface area contributed by atoms with E-state index in [0.29, 0.717) is 30.8 Å². The minimum absolute atomic E-state index is 0.0463. The van der Waals surface area contributed by atoms with Gasteiger partial charge in [-0.3, -0.25) is 9.69 Å². The number of morpholine rings is 1. The van der Waals surface area contributed by atoms with E-state index in [1.54, 1.807) is 0 Å². The lowest BCUT2D eigenvalue weighted by atomic mass is 10.1. The summed E-state index contributed by atoms with van der Waals surface area (Å²) < 4.78 is 10.7. The van der Waals surface area contributed by atoms with Crippen LogP contribution in [0, 0.1) is 0 Å². The van der Waals surface area contributed by atoms with Crippen LogP contribution in [0.15, 0.2) is 4.52 Å². The van der Waals surface area contributed by atoms with Gasteiger partial charge in [0.1, 0.15) is 0 Å². The van der Waals surface area contributed by atoms with E-state index < -0.39 is 0 Å². The van der Waals surface area contributed by atoms with Crippen molar-refractivity contribution in [1.29, 1.82) is 0 Å². The molecule has 0 bridgehead atoms. The van der Waals surface area contributed by atoms with Crippen LogP contribution >= 0.6 is 0 Å². The maximum absolute atomic E-state index is 11.9. The number of hydrogen-bond donors (Lipinski definition) is 1. The Bertz CT molecular complexity index is 461. The number of nitrogens with one attached hydrogen (secondary N) is 1. The molecule has 1 atom stereocenters. The van der Waals surface area contributed by atoms with Crippen LogP contribution in [-0.2, 0) is 22.5 Å². The summed E-state index contributed by atoms with van der Waals surface area (Å²) in [5.41, 5.74) is 0. The lowest BCUT2D eigenvalue weighted by molar-refractivity contribution is -0.126. The van der Waals surface area contributed by atoms with E-state index in [-0.39, 0.29) is 18.6 Å². The summed E-state index contributed by atoms with van der Waals surface area (Å²) in [4.78, 5) is 18.4. The van der Waals surface area contributed by atoms with Crippen LogP contribution in [0.1, 0.15) is 38.9 Å². The Morgan fingerprint density at radius 2 is 2.33 bits per heavy atom. The molecule has 7 heteroatoms. The lowest BCUT2D eigenvalue weighted by Crippen LogP contribution is -2.47. The van der Waals surface area contributed by atoms with Gasteiger partial charge in [-0.25, -0.2) is 0 Å². The Hall–Kier alpha value is -1.47. The molecule has 1 amide bonds. The van der Waals surface area contributed by atoms with Crippen LogP contribution in [0.5, 0.6) is 0 Å². The number of aromatic nitrogens is 2. The first-order chi connectivity index (χ1) is 10.1. The molecule has 0 aliphatic carbocycles. The Balaban J connectivity index is 1.73. The topological polar surface area (TPSA) is 80.5 Å². The molecule has 0 saturated carbocycles. The maximum Gasteiger partial charge on any atom is 0.246 e. The molecule has 1 saturated heterocycles. The van der Waals surface area contributed by atoms with Crippen molar-refractivity contribution in [2.24, 2.45) is 0 Å². The van der Waals surface area contributed by atoms with Crippen molar-refractivity contribution in [3.8, 4) is 0 Å². The van der Waals surface area contributed by atoms with Gasteiger partial charge in [-0.15, -0.1) is 0 Å². The number of carbonyl (C=O) groups excluding carboxylic acids is 1. The molecule has 0 unspecified atom stereocenters. The summed E-state index contributed by atoms with van der Waals surface area (Å²) in [6, 6.07) is 0.477. The molecule has 0 radical (unpaired) electrons. The van der Waals surface area contributed by atoms with Crippen LogP contribution in [0.4, 0.5) is 0 Å². The second-order valence-electron chi connectivity index (χ2n) is 5.52. The van der Waals surface area contributed by atoms with Crippen LogP contribution in [-0.4, -0.2) is 52.8 Å². The third-order valence-corrected chi connectivity index (χ3v) is 3.58. The zero-order valence-electron chi connectivity index (χ0n) is 13.0. The zero-order valence-corrected chi connectivity index (χ0v) is 13.0. The summed E-state index contributed by atoms with van der Waals surface area (Å²) in [5.74, 6) is 1.04. The van der Waals surface area contributed by atoms with Gasteiger partial charge >= 0.3 is 0 Å². The highest BCUT2D eigenvalue weighted by Gasteiger charge is 2.24. The minimum atomic E-state index is -0.0538. The number of aryl methyl sites for hydroxylation is 1. The Morgan fingerprint density at radius 1 is 1.52 bits per heavy atom. The van der Waals surface area contributed by atoms with Gasteiger partial charge in [0, 0.05) is 25.6 Å². The summed E-state index contributed by atoms with van der Waals surface area (Å²) in [7, 11) is 0. The van der Waals surface area contributed by atoms with Crippen LogP contribution in [0.2, 0.25) is 0 Å². The Kier molecular flexibility index (Phi) is 5.69. The SMILES string of the molecule is CCc1noc(CNC(=O)C[C@H]2CN(C(C)C)CCO2)n1. The van der Waals surface area contributed by atoms with Gasteiger partial charge in [-0.2, -0.15) is 4.98 Å². The number of hydrogen-bond acceptors (Lipinski definition) is 6. The van der Waals surface area contributed by atoms with E-state index in [4.69, 9.17) is 9.26 Å². The third kappa shape index (κ3) is 4.78. The highest BCUT2D eigenvalue weighted by Crippen LogP contribution is 2.11. The first-order valence-electron chi connectivity index (χ1n) is 7.52. The molecule has 0 spiro atoms. The van der Waals surface area contributed by atoms with Crippen molar-refractivity contribution in [3.63, 3.8) is 0 Å². The lowest BCUT2D eigenvalue weighted by Gasteiger charge is -2.35. The molecule has 1 aliphatic rings. The highest BCUT2D eigenvalue weighted by molar-refractivity contribution is 5.76. The van der Waals surface area contributed by atoms with Gasteiger partial charge in [-0.1, -0.05) is 12.1 Å². The molecule has 2 heterocycles. The van der Waals surface area contributed by atoms with Crippen LogP contribution in [0.25, 0.3) is 0 Å². The number of amides is 1. The first-order valence-corrected chi connectivity index (χ1v) is 7.52. The van der Waals surface area contributed by atoms with E-state index in [9.17, 15) is 4.79 Å². The van der Waals surface area contributed by atoms with Crippen molar-refractivity contribution < 1.29 is 14.1 Å². The standard InChI is InChI=1S/C14H24N4O3/c1-4-12-16-14(21-17-12)8-15-13(19)7-11-9-18(10(2)3)5-6-20-11/h10-11H,4-9H2,1-3H3,(H,15,19)/t11-/m0/s1. The Labute approximate surface area is 125 Å². The molecule has 7 nitrogen and oxygen atoms in total. The first kappa shape index (κ1) is 15.9. The predicted molar refractivity (Wildman–Crippen MR) is 76.6 cm³/mol. The number of carbonyl (C=O) groups is 1. The van der Waals surface area contributed by atoms with E-state index in [2.05, 4.69) is 34.2 Å². The van der Waals surface area contributed by atoms with Gasteiger partial charge in [0.2, 0.25) is 11.8 Å². The molecular weight excluding hydrogens is 272 g/mol. The summed E-state index contributed by atoms with van der Waals surface area (Å²) >= 11 is 0. The van der Waals surface area contributed by atoms with Crippen molar-refractivity contribution in [2.45, 2.75) is 52.3 Å². The monoisotopic (exact) mass is 296 g/mol. The normalized spacial score (nSPS) is 19.9. The number of nitrogens with zero attached hydrogens (tertiary/aromatic N) is 3. The van der Waals surface area contributed by atoms with Crippen molar-refractivity contribution >= 4 is 5.91 Å². The van der Waals surface area contributed by atoms with Gasteiger partial charge in [0.15, 0.2) is 5.82 Å². The zero-order chi connectivity index (χ0) is 15.2. The molecular formula is C14H24N4O3. The molecule has 1 aromatic rings. The van der Waals surface area contributed by atoms with Crippen molar-refractivity contribution in [2.75, 3.05) is 19.7 Å². The van der Waals surface area contributed by atoms with Crippen molar-refractivity contribution in [3.05, 3.63) is 11.7 Å². The third-order valence-electron chi connectivity index (χ3n) is 3.58. The van der Waals surface area contributed by atoms with Gasteiger partial charge in [0.25, 0.3) is 0 Å². The van der Waals surface area contributed by atoms with Crippen molar-refractivity contribution in [1.82, 2.24) is 20.4 Å². The van der Waals surface area contributed by atoms with E-state index in [1.165, 1.54) is 0 Å². The summed E-state index contributed by atoms with van der Waals surface area (Å²) in [6.07, 6.45) is 1.03.